The van der Waals surface area contributed by atoms with Gasteiger partial charge in [-0.1, -0.05) is 12.2 Å². The number of pyridine rings is 1. The van der Waals surface area contributed by atoms with Gasteiger partial charge in [0.05, 0.1) is 25.5 Å². The number of nitrogens with zero attached hydrogens (tertiary/aromatic N) is 8. The highest BCUT2D eigenvalue weighted by atomic mass is 16.5. The summed E-state index contributed by atoms with van der Waals surface area (Å²) in [5, 5.41) is 3.70. The van der Waals surface area contributed by atoms with Crippen LogP contribution in [0, 0.1) is 0 Å². The minimum Gasteiger partial charge on any atom is -0.497 e. The van der Waals surface area contributed by atoms with Gasteiger partial charge in [-0.25, -0.2) is 19.3 Å². The van der Waals surface area contributed by atoms with Crippen molar-refractivity contribution < 1.29 is 14.3 Å². The van der Waals surface area contributed by atoms with Crippen LogP contribution in [0.25, 0.3) is 16.7 Å². The van der Waals surface area contributed by atoms with Crippen LogP contribution in [-0.4, -0.2) is 88.6 Å². The van der Waals surface area contributed by atoms with Gasteiger partial charge in [-0.2, -0.15) is 4.98 Å². The number of carbonyl (C=O) groups is 1. The smallest absolute Gasteiger partial charge is 0.278 e. The van der Waals surface area contributed by atoms with E-state index in [1.165, 1.54) is 0 Å². The summed E-state index contributed by atoms with van der Waals surface area (Å²) in [4.78, 5) is 46.5. The summed E-state index contributed by atoms with van der Waals surface area (Å²) < 4.78 is 14.6. The molecule has 1 N–H and O–H groups in total. The Hall–Kier alpha value is -4.91. The fourth-order valence-electron chi connectivity index (χ4n) is 5.76. The van der Waals surface area contributed by atoms with Crippen LogP contribution >= 0.6 is 0 Å². The van der Waals surface area contributed by atoms with Crippen molar-refractivity contribution in [3.63, 3.8) is 0 Å². The molecule has 0 spiro atoms. The number of ether oxygens (including phenoxy) is 2. The molecule has 1 amide bonds. The van der Waals surface area contributed by atoms with Gasteiger partial charge < -0.3 is 29.5 Å². The second-order valence-corrected chi connectivity index (χ2v) is 10.9. The average molecular weight is 584 g/mol. The fraction of sp³-hybridized carbons (Fsp3) is 0.367. The number of hydrogen-bond acceptors (Lipinski definition) is 10. The lowest BCUT2D eigenvalue weighted by Gasteiger charge is -2.34. The van der Waals surface area contributed by atoms with Gasteiger partial charge in [0.15, 0.2) is 12.3 Å². The SMILES string of the molecule is COc1cc(Nc2ncc3c(=O)n4n(c3n2)-c2cnc3c(c2)N(CCC/C=C\C4)C(=O)CO3)cc(N2CCN(C)CC2)c1. The highest BCUT2D eigenvalue weighted by Crippen LogP contribution is 2.33. The molecule has 0 radical (unpaired) electrons. The molecule has 2 bridgehead atoms. The number of rotatable bonds is 4. The second-order valence-electron chi connectivity index (χ2n) is 10.9. The molecule has 1 fully saturated rings. The molecule has 7 rings (SSSR count). The van der Waals surface area contributed by atoms with Crippen molar-refractivity contribution in [1.82, 2.24) is 29.2 Å². The van der Waals surface area contributed by atoms with Gasteiger partial charge in [0, 0.05) is 62.4 Å². The number of aromatic nitrogens is 5. The van der Waals surface area contributed by atoms with Gasteiger partial charge in [0.2, 0.25) is 11.8 Å². The Morgan fingerprint density at radius 1 is 0.953 bits per heavy atom. The van der Waals surface area contributed by atoms with Gasteiger partial charge in [-0.3, -0.25) is 9.59 Å². The Labute approximate surface area is 247 Å². The summed E-state index contributed by atoms with van der Waals surface area (Å²) in [6.07, 6.45) is 8.74. The van der Waals surface area contributed by atoms with Gasteiger partial charge in [-0.05, 0) is 32.0 Å². The van der Waals surface area contributed by atoms with Gasteiger partial charge in [0.1, 0.15) is 16.8 Å². The molecular formula is C30H33N9O4. The first-order valence-electron chi connectivity index (χ1n) is 14.5. The predicted molar refractivity (Wildman–Crippen MR) is 163 cm³/mol. The summed E-state index contributed by atoms with van der Waals surface area (Å²) in [6, 6.07) is 7.82. The van der Waals surface area contributed by atoms with Crippen molar-refractivity contribution in [3.05, 3.63) is 59.2 Å². The maximum atomic E-state index is 13.6. The predicted octanol–water partition coefficient (Wildman–Crippen LogP) is 2.56. The molecule has 6 heterocycles. The number of methoxy groups -OCH3 is 1. The van der Waals surface area contributed by atoms with Crippen molar-refractivity contribution in [1.29, 1.82) is 0 Å². The Kier molecular flexibility index (Phi) is 6.93. The molecular weight excluding hydrogens is 550 g/mol. The van der Waals surface area contributed by atoms with E-state index in [9.17, 15) is 9.59 Å². The minimum atomic E-state index is -0.219. The van der Waals surface area contributed by atoms with Gasteiger partial charge >= 0.3 is 0 Å². The summed E-state index contributed by atoms with van der Waals surface area (Å²) >= 11 is 0. The zero-order chi connectivity index (χ0) is 29.5. The third-order valence-corrected chi connectivity index (χ3v) is 8.11. The number of nitrogens with one attached hydrogen (secondary N) is 1. The van der Waals surface area contributed by atoms with E-state index in [-0.39, 0.29) is 18.1 Å². The largest absolute Gasteiger partial charge is 0.497 e. The van der Waals surface area contributed by atoms with Crippen LogP contribution < -0.4 is 30.1 Å². The van der Waals surface area contributed by atoms with E-state index in [2.05, 4.69) is 38.2 Å². The molecule has 1 saturated heterocycles. The number of allylic oxidation sites excluding steroid dienone is 2. The number of fused-ring (bicyclic) bond motifs is 5. The molecule has 3 aliphatic heterocycles. The van der Waals surface area contributed by atoms with E-state index in [0.717, 1.165) is 56.1 Å². The molecule has 0 unspecified atom stereocenters. The second kappa shape index (κ2) is 11.1. The Morgan fingerprint density at radius 3 is 2.65 bits per heavy atom. The van der Waals surface area contributed by atoms with Crippen molar-refractivity contribution >= 4 is 40.0 Å². The van der Waals surface area contributed by atoms with Crippen LogP contribution in [0.1, 0.15) is 12.8 Å². The minimum absolute atomic E-state index is 0.0462. The molecule has 3 aliphatic rings. The first-order chi connectivity index (χ1) is 21.0. The highest BCUT2D eigenvalue weighted by molar-refractivity contribution is 5.97. The molecule has 3 aromatic heterocycles. The van der Waals surface area contributed by atoms with Crippen molar-refractivity contribution in [3.8, 4) is 17.3 Å². The normalized spacial score (nSPS) is 18.0. The Morgan fingerprint density at radius 2 is 1.81 bits per heavy atom. The number of amides is 1. The first kappa shape index (κ1) is 27.0. The molecule has 1 aromatic carbocycles. The molecule has 222 valence electrons. The van der Waals surface area contributed by atoms with Crippen molar-refractivity contribution in [2.24, 2.45) is 0 Å². The van der Waals surface area contributed by atoms with Crippen molar-refractivity contribution in [2.75, 3.05) is 68.6 Å². The Bertz CT molecular complexity index is 1790. The van der Waals surface area contributed by atoms with E-state index in [1.54, 1.807) is 33.8 Å². The summed E-state index contributed by atoms with van der Waals surface area (Å²) in [5.74, 6) is 1.33. The average Bonchev–Trinajstić information content (AvgIpc) is 3.29. The number of benzene rings is 1. The first-order valence-corrected chi connectivity index (χ1v) is 14.5. The van der Waals surface area contributed by atoms with Crippen LogP contribution in [0.15, 0.2) is 53.6 Å². The van der Waals surface area contributed by atoms with Crippen LogP contribution in [0.3, 0.4) is 0 Å². The third kappa shape index (κ3) is 5.05. The molecule has 0 atom stereocenters. The topological polar surface area (TPSA) is 123 Å². The standard InChI is InChI=1S/C30H33N9O4/c1-35-9-11-36(12-10-35)21-13-20(14-23(15-21)42-2)33-30-32-18-24-27(34-30)39-22-16-25-28(31-17-22)43-19-26(40)37(25)7-5-3-4-6-8-38(39)29(24)41/h4,6,13-18H,3,5,7-12,19H2,1-2H3,(H,32,33,34)/b6-4-. The molecule has 0 aliphatic carbocycles. The number of hydrogen-bond donors (Lipinski definition) is 1. The lowest BCUT2D eigenvalue weighted by atomic mass is 10.2. The monoisotopic (exact) mass is 583 g/mol. The molecule has 43 heavy (non-hydrogen) atoms. The van der Waals surface area contributed by atoms with Gasteiger partial charge in [-0.15, -0.1) is 0 Å². The van der Waals surface area contributed by atoms with E-state index in [1.807, 2.05) is 30.4 Å². The van der Waals surface area contributed by atoms with Crippen molar-refractivity contribution in [2.45, 2.75) is 19.4 Å². The van der Waals surface area contributed by atoms with Gasteiger partial charge in [0.25, 0.3) is 11.5 Å². The maximum absolute atomic E-state index is 13.6. The summed E-state index contributed by atoms with van der Waals surface area (Å²) in [7, 11) is 3.78. The van der Waals surface area contributed by atoms with Crippen LogP contribution in [0.2, 0.25) is 0 Å². The summed E-state index contributed by atoms with van der Waals surface area (Å²) in [5.41, 5.74) is 3.20. The van der Waals surface area contributed by atoms with E-state index >= 15 is 0 Å². The van der Waals surface area contributed by atoms with Crippen LogP contribution in [0.4, 0.5) is 23.0 Å². The molecule has 0 saturated carbocycles. The highest BCUT2D eigenvalue weighted by Gasteiger charge is 2.28. The maximum Gasteiger partial charge on any atom is 0.278 e. The van der Waals surface area contributed by atoms with E-state index in [0.29, 0.717) is 47.3 Å². The zero-order valence-electron chi connectivity index (χ0n) is 24.2. The summed E-state index contributed by atoms with van der Waals surface area (Å²) in [6.45, 7) is 4.66. The van der Waals surface area contributed by atoms with E-state index in [4.69, 9.17) is 14.5 Å². The zero-order valence-corrected chi connectivity index (χ0v) is 24.2. The lowest BCUT2D eigenvalue weighted by Crippen LogP contribution is -2.44. The lowest BCUT2D eigenvalue weighted by molar-refractivity contribution is -0.121. The molecule has 13 nitrogen and oxygen atoms in total. The number of anilines is 4. The van der Waals surface area contributed by atoms with Crippen LogP contribution in [0.5, 0.6) is 11.6 Å². The Balaban J connectivity index is 1.31. The number of carbonyl (C=O) groups excluding carboxylic acids is 1. The molecule has 13 heteroatoms. The molecule has 4 aromatic rings. The quantitative estimate of drug-likeness (QED) is 0.359. The van der Waals surface area contributed by atoms with E-state index < -0.39 is 0 Å². The number of likely N-dealkylation sites (N-methyl/N-ethyl adjacent to an activating group) is 1. The third-order valence-electron chi connectivity index (χ3n) is 8.11. The van der Waals surface area contributed by atoms with Crippen LogP contribution in [-0.2, 0) is 11.3 Å². The number of piperazine rings is 1. The fourth-order valence-corrected chi connectivity index (χ4v) is 5.76.